The van der Waals surface area contributed by atoms with Crippen LogP contribution < -0.4 is 10.2 Å². The zero-order valence-corrected chi connectivity index (χ0v) is 19.4. The van der Waals surface area contributed by atoms with E-state index in [1.165, 1.54) is 37.7 Å². The summed E-state index contributed by atoms with van der Waals surface area (Å²) >= 11 is 0. The smallest absolute Gasteiger partial charge is 0.267 e. The Morgan fingerprint density at radius 2 is 2.09 bits per heavy atom. The Morgan fingerprint density at radius 1 is 1.21 bits per heavy atom. The summed E-state index contributed by atoms with van der Waals surface area (Å²) in [6, 6.07) is 11.7. The molecule has 0 spiro atoms. The van der Waals surface area contributed by atoms with E-state index in [-0.39, 0.29) is 4.90 Å². The van der Waals surface area contributed by atoms with Crippen LogP contribution in [0.15, 0.2) is 72.0 Å². The summed E-state index contributed by atoms with van der Waals surface area (Å²) in [6.07, 6.45) is 9.51. The first-order chi connectivity index (χ1) is 16.5. The van der Waals surface area contributed by atoms with Crippen molar-refractivity contribution in [3.63, 3.8) is 0 Å². The Kier molecular flexibility index (Phi) is 7.41. The number of carbonyl (C=O) groups is 1. The minimum Gasteiger partial charge on any atom is -0.481 e. The molecule has 10 heteroatoms. The molecule has 4 rings (SSSR count). The SMILES string of the molecule is COc1ccc(-c2cccc(S(=O)(=O)n3ccc(C=CC(=O)NOC4CCCCO4)c3)c2)cn1. The number of hydrogen-bond acceptors (Lipinski definition) is 7. The van der Waals surface area contributed by atoms with Crippen molar-refractivity contribution in [1.29, 1.82) is 0 Å². The van der Waals surface area contributed by atoms with Gasteiger partial charge in [-0.2, -0.15) is 0 Å². The lowest BCUT2D eigenvalue weighted by Gasteiger charge is -2.21. The Morgan fingerprint density at radius 3 is 2.82 bits per heavy atom. The van der Waals surface area contributed by atoms with Crippen molar-refractivity contribution in [2.45, 2.75) is 30.4 Å². The number of benzene rings is 1. The second-order valence-corrected chi connectivity index (χ2v) is 9.45. The number of methoxy groups -OCH3 is 1. The molecule has 1 atom stereocenters. The molecule has 178 valence electrons. The predicted octanol–water partition coefficient (Wildman–Crippen LogP) is 3.38. The molecule has 3 heterocycles. The molecule has 1 amide bonds. The number of aromatic nitrogens is 2. The Bertz CT molecular complexity index is 1260. The number of nitrogens with one attached hydrogen (secondary N) is 1. The number of pyridine rings is 1. The lowest BCUT2D eigenvalue weighted by Crippen LogP contribution is -2.32. The molecule has 0 bridgehead atoms. The normalized spacial score (nSPS) is 16.4. The third kappa shape index (κ3) is 5.71. The highest BCUT2D eigenvalue weighted by Crippen LogP contribution is 2.25. The molecular weight excluding hydrogens is 458 g/mol. The zero-order valence-electron chi connectivity index (χ0n) is 18.6. The van der Waals surface area contributed by atoms with Crippen LogP contribution in [0.5, 0.6) is 5.88 Å². The zero-order chi connectivity index (χ0) is 24.0. The summed E-state index contributed by atoms with van der Waals surface area (Å²) < 4.78 is 37.8. The summed E-state index contributed by atoms with van der Waals surface area (Å²) in [4.78, 5) is 21.5. The quantitative estimate of drug-likeness (QED) is 0.386. The fourth-order valence-corrected chi connectivity index (χ4v) is 4.66. The van der Waals surface area contributed by atoms with Crippen LogP contribution in [0.3, 0.4) is 0 Å². The first-order valence-corrected chi connectivity index (χ1v) is 12.2. The number of hydrogen-bond donors (Lipinski definition) is 1. The van der Waals surface area contributed by atoms with Crippen molar-refractivity contribution in [1.82, 2.24) is 14.4 Å². The minimum absolute atomic E-state index is 0.130. The highest BCUT2D eigenvalue weighted by Gasteiger charge is 2.18. The molecule has 34 heavy (non-hydrogen) atoms. The molecule has 1 aliphatic heterocycles. The molecule has 1 aromatic carbocycles. The van der Waals surface area contributed by atoms with Gasteiger partial charge in [-0.3, -0.25) is 4.79 Å². The van der Waals surface area contributed by atoms with Crippen LogP contribution in [0, 0.1) is 0 Å². The van der Waals surface area contributed by atoms with Gasteiger partial charge in [-0.25, -0.2) is 27.7 Å². The van der Waals surface area contributed by atoms with E-state index in [4.69, 9.17) is 14.3 Å². The first-order valence-electron chi connectivity index (χ1n) is 10.7. The lowest BCUT2D eigenvalue weighted by molar-refractivity contribution is -0.198. The number of amides is 1. The molecule has 0 radical (unpaired) electrons. The fraction of sp³-hybridized carbons (Fsp3) is 0.250. The van der Waals surface area contributed by atoms with Gasteiger partial charge in [-0.15, -0.1) is 0 Å². The average Bonchev–Trinajstić information content (AvgIpc) is 3.37. The van der Waals surface area contributed by atoms with Crippen molar-refractivity contribution >= 4 is 22.0 Å². The van der Waals surface area contributed by atoms with Gasteiger partial charge in [0.25, 0.3) is 15.9 Å². The van der Waals surface area contributed by atoms with Gasteiger partial charge < -0.3 is 9.47 Å². The first kappa shape index (κ1) is 23.7. The molecule has 0 aliphatic carbocycles. The van der Waals surface area contributed by atoms with Crippen molar-refractivity contribution in [3.05, 3.63) is 72.7 Å². The molecule has 1 fully saturated rings. The van der Waals surface area contributed by atoms with Crippen LogP contribution in [-0.4, -0.2) is 43.3 Å². The van der Waals surface area contributed by atoms with Crippen LogP contribution in [0.1, 0.15) is 24.8 Å². The predicted molar refractivity (Wildman–Crippen MR) is 125 cm³/mol. The van der Waals surface area contributed by atoms with Crippen LogP contribution in [0.2, 0.25) is 0 Å². The number of nitrogens with zero attached hydrogens (tertiary/aromatic N) is 2. The van der Waals surface area contributed by atoms with Crippen LogP contribution in [0.25, 0.3) is 17.2 Å². The molecule has 1 N–H and O–H groups in total. The Labute approximate surface area is 198 Å². The highest BCUT2D eigenvalue weighted by molar-refractivity contribution is 7.90. The van der Waals surface area contributed by atoms with E-state index in [9.17, 15) is 13.2 Å². The topological polar surface area (TPSA) is 109 Å². The van der Waals surface area contributed by atoms with Gasteiger partial charge in [0.15, 0.2) is 6.29 Å². The second-order valence-electron chi connectivity index (χ2n) is 7.61. The minimum atomic E-state index is -3.83. The molecule has 1 saturated heterocycles. The maximum atomic E-state index is 13.1. The van der Waals surface area contributed by atoms with E-state index >= 15 is 0 Å². The van der Waals surface area contributed by atoms with Crippen LogP contribution in [0.4, 0.5) is 0 Å². The van der Waals surface area contributed by atoms with Gasteiger partial charge >= 0.3 is 0 Å². The summed E-state index contributed by atoms with van der Waals surface area (Å²) in [7, 11) is -2.30. The van der Waals surface area contributed by atoms with E-state index in [0.29, 0.717) is 23.6 Å². The Balaban J connectivity index is 1.43. The van der Waals surface area contributed by atoms with Gasteiger partial charge in [0.2, 0.25) is 5.88 Å². The largest absolute Gasteiger partial charge is 0.481 e. The molecule has 9 nitrogen and oxygen atoms in total. The third-order valence-corrected chi connectivity index (χ3v) is 6.87. The summed E-state index contributed by atoms with van der Waals surface area (Å²) in [5.41, 5.74) is 4.35. The summed E-state index contributed by atoms with van der Waals surface area (Å²) in [5, 5.41) is 0. The highest BCUT2D eigenvalue weighted by atomic mass is 32.2. The molecule has 1 unspecified atom stereocenters. The number of rotatable bonds is 8. The van der Waals surface area contributed by atoms with Crippen LogP contribution >= 0.6 is 0 Å². The van der Waals surface area contributed by atoms with E-state index in [2.05, 4.69) is 10.5 Å². The molecule has 3 aromatic rings. The van der Waals surface area contributed by atoms with Crippen molar-refractivity contribution in [2.75, 3.05) is 13.7 Å². The van der Waals surface area contributed by atoms with E-state index in [0.717, 1.165) is 28.8 Å². The van der Waals surface area contributed by atoms with Gasteiger partial charge in [0.05, 0.1) is 12.0 Å². The second kappa shape index (κ2) is 10.6. The fourth-order valence-electron chi connectivity index (χ4n) is 3.40. The molecule has 0 saturated carbocycles. The van der Waals surface area contributed by atoms with Gasteiger partial charge in [0, 0.05) is 49.3 Å². The molecule has 1 aliphatic rings. The van der Waals surface area contributed by atoms with Gasteiger partial charge in [-0.05, 0) is 54.3 Å². The van der Waals surface area contributed by atoms with Gasteiger partial charge in [0.1, 0.15) is 0 Å². The third-order valence-electron chi connectivity index (χ3n) is 5.23. The van der Waals surface area contributed by atoms with Crippen molar-refractivity contribution in [2.24, 2.45) is 0 Å². The van der Waals surface area contributed by atoms with Gasteiger partial charge in [-0.1, -0.05) is 12.1 Å². The number of ether oxygens (including phenoxy) is 2. The molecule has 2 aromatic heterocycles. The standard InChI is InChI=1S/C24H25N3O6S/c1-31-23-11-9-20(16-25-23)19-5-4-6-21(15-19)34(29,30)27-13-12-18(17-27)8-10-22(28)26-33-24-7-2-3-14-32-24/h4-6,8-13,15-17,24H,2-3,7,14H2,1H3,(H,26,28). The van der Waals surface area contributed by atoms with Crippen LogP contribution in [-0.2, 0) is 24.4 Å². The summed E-state index contributed by atoms with van der Waals surface area (Å²) in [5.74, 6) is 0.00796. The van der Waals surface area contributed by atoms with E-state index < -0.39 is 22.2 Å². The van der Waals surface area contributed by atoms with E-state index in [1.807, 2.05) is 12.1 Å². The molecular formula is C24H25N3O6S. The maximum absolute atomic E-state index is 13.1. The monoisotopic (exact) mass is 483 g/mol. The van der Waals surface area contributed by atoms with Crippen molar-refractivity contribution < 1.29 is 27.5 Å². The maximum Gasteiger partial charge on any atom is 0.267 e. The number of carbonyl (C=O) groups excluding carboxylic acids is 1. The average molecular weight is 484 g/mol. The van der Waals surface area contributed by atoms with Crippen molar-refractivity contribution in [3.8, 4) is 17.0 Å². The summed E-state index contributed by atoms with van der Waals surface area (Å²) in [6.45, 7) is 0.609. The Hall–Kier alpha value is -3.47. The van der Waals surface area contributed by atoms with E-state index in [1.54, 1.807) is 30.5 Å². The lowest BCUT2D eigenvalue weighted by atomic mass is 10.1. The number of hydroxylamine groups is 1.